The normalized spacial score (nSPS) is 19.7. The van der Waals surface area contributed by atoms with Gasteiger partial charge in [0, 0.05) is 37.7 Å². The van der Waals surface area contributed by atoms with Gasteiger partial charge in [-0.15, -0.1) is 0 Å². The molecular weight excluding hydrogens is 264 g/mol. The molecule has 1 aliphatic rings. The number of carbonyl (C=O) groups excluding carboxylic acids is 1. The highest BCUT2D eigenvalue weighted by atomic mass is 35.5. The summed E-state index contributed by atoms with van der Waals surface area (Å²) < 4.78 is 5.82. The fourth-order valence-electron chi connectivity index (χ4n) is 2.18. The minimum Gasteiger partial charge on any atom is -0.479 e. The van der Waals surface area contributed by atoms with Crippen molar-refractivity contribution in [3.8, 4) is 5.75 Å². The molecule has 1 fully saturated rings. The summed E-state index contributed by atoms with van der Waals surface area (Å²) >= 11 is 5.83. The first kappa shape index (κ1) is 14.3. The van der Waals surface area contributed by atoms with Crippen molar-refractivity contribution in [3.63, 3.8) is 0 Å². The number of carbonyl (C=O) groups is 1. The highest BCUT2D eigenvalue weighted by Crippen LogP contribution is 2.21. The van der Waals surface area contributed by atoms with Gasteiger partial charge in [-0.2, -0.15) is 0 Å². The lowest BCUT2D eigenvalue weighted by Crippen LogP contribution is -2.52. The molecule has 0 saturated carbocycles. The second kappa shape index (κ2) is 6.37. The van der Waals surface area contributed by atoms with Crippen LogP contribution in [-0.4, -0.2) is 49.5 Å². The van der Waals surface area contributed by atoms with E-state index in [-0.39, 0.29) is 0 Å². The Balaban J connectivity index is 2.00. The number of piperazine rings is 1. The Bertz CT molecular complexity index is 418. The molecule has 1 aromatic rings. The Morgan fingerprint density at radius 2 is 2.00 bits per heavy atom. The largest absolute Gasteiger partial charge is 0.479 e. The predicted molar refractivity (Wildman–Crippen MR) is 75.9 cm³/mol. The van der Waals surface area contributed by atoms with Crippen LogP contribution < -0.4 is 10.1 Å². The third-order valence-corrected chi connectivity index (χ3v) is 3.41. The summed E-state index contributed by atoms with van der Waals surface area (Å²) in [4.78, 5) is 13.6. The van der Waals surface area contributed by atoms with Crippen LogP contribution in [-0.2, 0) is 4.79 Å². The zero-order valence-electron chi connectivity index (χ0n) is 11.1. The van der Waals surface area contributed by atoms with Gasteiger partial charge in [-0.05, 0) is 31.2 Å². The molecule has 1 saturated heterocycles. The van der Waals surface area contributed by atoms with Crippen molar-refractivity contribution in [1.29, 1.82) is 0 Å². The number of halogens is 1. The molecule has 1 aliphatic heterocycles. The number of benzene rings is 1. The minimum absolute atomic E-state index is 0.598. The Morgan fingerprint density at radius 1 is 1.37 bits per heavy atom. The maximum atomic E-state index is 11.4. The van der Waals surface area contributed by atoms with E-state index < -0.39 is 5.60 Å². The van der Waals surface area contributed by atoms with Gasteiger partial charge in [0.05, 0.1) is 0 Å². The summed E-state index contributed by atoms with van der Waals surface area (Å²) in [5.41, 5.74) is -0.828. The zero-order chi connectivity index (χ0) is 13.7. The van der Waals surface area contributed by atoms with Gasteiger partial charge in [-0.1, -0.05) is 11.6 Å². The molecule has 1 heterocycles. The van der Waals surface area contributed by atoms with Gasteiger partial charge in [-0.25, -0.2) is 0 Å². The van der Waals surface area contributed by atoms with Gasteiger partial charge < -0.3 is 10.1 Å². The number of ether oxygens (including phenoxy) is 1. The maximum Gasteiger partial charge on any atom is 0.173 e. The first-order valence-corrected chi connectivity index (χ1v) is 6.83. The maximum absolute atomic E-state index is 11.4. The van der Waals surface area contributed by atoms with Crippen molar-refractivity contribution in [2.45, 2.75) is 12.5 Å². The van der Waals surface area contributed by atoms with E-state index >= 15 is 0 Å². The standard InChI is InChI=1S/C14H19ClN2O2/c1-14(11-18,10-17-8-6-16-7-9-17)19-13-4-2-12(15)3-5-13/h2-5,11,16H,6-10H2,1H3. The Hall–Kier alpha value is -1.10. The van der Waals surface area contributed by atoms with Gasteiger partial charge in [0.2, 0.25) is 0 Å². The summed E-state index contributed by atoms with van der Waals surface area (Å²) in [6, 6.07) is 7.07. The molecule has 1 unspecified atom stereocenters. The fraction of sp³-hybridized carbons (Fsp3) is 0.500. The highest BCUT2D eigenvalue weighted by molar-refractivity contribution is 6.30. The van der Waals surface area contributed by atoms with Gasteiger partial charge in [-0.3, -0.25) is 9.69 Å². The molecule has 5 heteroatoms. The van der Waals surface area contributed by atoms with Crippen LogP contribution in [0.2, 0.25) is 5.02 Å². The molecule has 0 bridgehead atoms. The van der Waals surface area contributed by atoms with Crippen LogP contribution in [0.1, 0.15) is 6.92 Å². The van der Waals surface area contributed by atoms with Crippen LogP contribution in [0.4, 0.5) is 0 Å². The molecular formula is C14H19ClN2O2. The summed E-state index contributed by atoms with van der Waals surface area (Å²) in [7, 11) is 0. The molecule has 0 aromatic heterocycles. The first-order valence-electron chi connectivity index (χ1n) is 6.45. The van der Waals surface area contributed by atoms with Crippen molar-refractivity contribution in [3.05, 3.63) is 29.3 Å². The minimum atomic E-state index is -0.828. The van der Waals surface area contributed by atoms with Gasteiger partial charge in [0.15, 0.2) is 11.9 Å². The lowest BCUT2D eigenvalue weighted by Gasteiger charge is -2.34. The van der Waals surface area contributed by atoms with E-state index in [4.69, 9.17) is 16.3 Å². The van der Waals surface area contributed by atoms with Crippen molar-refractivity contribution >= 4 is 17.9 Å². The van der Waals surface area contributed by atoms with Crippen molar-refractivity contribution < 1.29 is 9.53 Å². The molecule has 0 aliphatic carbocycles. The quantitative estimate of drug-likeness (QED) is 0.833. The van der Waals surface area contributed by atoms with Crippen molar-refractivity contribution in [2.24, 2.45) is 0 Å². The second-order valence-electron chi connectivity index (χ2n) is 5.01. The number of hydrogen-bond acceptors (Lipinski definition) is 4. The van der Waals surface area contributed by atoms with E-state index in [1.54, 1.807) is 24.3 Å². The summed E-state index contributed by atoms with van der Waals surface area (Å²) in [6.45, 7) is 6.20. The van der Waals surface area contributed by atoms with Crippen LogP contribution >= 0.6 is 11.6 Å². The van der Waals surface area contributed by atoms with Crippen LogP contribution in [0.15, 0.2) is 24.3 Å². The van der Waals surface area contributed by atoms with Gasteiger partial charge in [0.25, 0.3) is 0 Å². The van der Waals surface area contributed by atoms with E-state index in [2.05, 4.69) is 10.2 Å². The van der Waals surface area contributed by atoms with E-state index in [9.17, 15) is 4.79 Å². The number of nitrogens with one attached hydrogen (secondary N) is 1. The van der Waals surface area contributed by atoms with Crippen molar-refractivity contribution in [2.75, 3.05) is 32.7 Å². The zero-order valence-corrected chi connectivity index (χ0v) is 11.8. The number of hydrogen-bond donors (Lipinski definition) is 1. The Labute approximate surface area is 118 Å². The summed E-state index contributed by atoms with van der Waals surface area (Å²) in [5.74, 6) is 0.661. The molecule has 1 aromatic carbocycles. The van der Waals surface area contributed by atoms with Crippen LogP contribution in [0.25, 0.3) is 0 Å². The second-order valence-corrected chi connectivity index (χ2v) is 5.45. The Kier molecular flexibility index (Phi) is 4.80. The third-order valence-electron chi connectivity index (χ3n) is 3.16. The summed E-state index contributed by atoms with van der Waals surface area (Å²) in [6.07, 6.45) is 0.879. The van der Waals surface area contributed by atoms with Crippen molar-refractivity contribution in [1.82, 2.24) is 10.2 Å². The fourth-order valence-corrected chi connectivity index (χ4v) is 2.30. The molecule has 0 radical (unpaired) electrons. The topological polar surface area (TPSA) is 41.6 Å². The molecule has 1 N–H and O–H groups in total. The van der Waals surface area contributed by atoms with Crippen LogP contribution in [0, 0.1) is 0 Å². The predicted octanol–water partition coefficient (Wildman–Crippen LogP) is 1.58. The summed E-state index contributed by atoms with van der Waals surface area (Å²) in [5, 5.41) is 3.94. The lowest BCUT2D eigenvalue weighted by molar-refractivity contribution is -0.121. The molecule has 104 valence electrons. The van der Waals surface area contributed by atoms with Gasteiger partial charge >= 0.3 is 0 Å². The molecule has 0 spiro atoms. The first-order chi connectivity index (χ1) is 9.11. The molecule has 19 heavy (non-hydrogen) atoms. The van der Waals surface area contributed by atoms with E-state index in [0.717, 1.165) is 32.5 Å². The lowest BCUT2D eigenvalue weighted by atomic mass is 10.1. The van der Waals surface area contributed by atoms with E-state index in [0.29, 0.717) is 17.3 Å². The van der Waals surface area contributed by atoms with E-state index in [1.807, 2.05) is 6.92 Å². The average molecular weight is 283 g/mol. The average Bonchev–Trinajstić information content (AvgIpc) is 2.42. The smallest absolute Gasteiger partial charge is 0.173 e. The molecule has 0 amide bonds. The van der Waals surface area contributed by atoms with Crippen LogP contribution in [0.3, 0.4) is 0 Å². The monoisotopic (exact) mass is 282 g/mol. The molecule has 4 nitrogen and oxygen atoms in total. The Morgan fingerprint density at radius 3 is 2.58 bits per heavy atom. The number of aldehydes is 1. The van der Waals surface area contributed by atoms with Crippen LogP contribution in [0.5, 0.6) is 5.75 Å². The molecule has 1 atom stereocenters. The molecule has 2 rings (SSSR count). The van der Waals surface area contributed by atoms with Gasteiger partial charge in [0.1, 0.15) is 5.75 Å². The number of nitrogens with zero attached hydrogens (tertiary/aromatic N) is 1. The highest BCUT2D eigenvalue weighted by Gasteiger charge is 2.29. The van der Waals surface area contributed by atoms with E-state index in [1.165, 1.54) is 0 Å². The third kappa shape index (κ3) is 4.20. The SMILES string of the molecule is CC(C=O)(CN1CCNCC1)Oc1ccc(Cl)cc1. The number of rotatable bonds is 5.